The summed E-state index contributed by atoms with van der Waals surface area (Å²) in [5, 5.41) is 22.0. The maximum atomic E-state index is 13.6. The molecule has 1 saturated heterocycles. The molecule has 0 spiro atoms. The molecule has 2 unspecified atom stereocenters. The van der Waals surface area contributed by atoms with Crippen molar-refractivity contribution in [1.29, 1.82) is 5.26 Å². The van der Waals surface area contributed by atoms with E-state index in [9.17, 15) is 14.3 Å². The van der Waals surface area contributed by atoms with Crippen molar-refractivity contribution in [3.05, 3.63) is 59.9 Å². The molecule has 0 radical (unpaired) electrons. The maximum Gasteiger partial charge on any atom is 0.238 e. The highest BCUT2D eigenvalue weighted by molar-refractivity contribution is 5.92. The van der Waals surface area contributed by atoms with Crippen LogP contribution >= 0.6 is 0 Å². The lowest BCUT2D eigenvalue weighted by Gasteiger charge is -2.40. The third kappa shape index (κ3) is 6.76. The maximum absolute atomic E-state index is 13.6. The number of para-hydroxylation sites is 1. The minimum absolute atomic E-state index is 0.0147. The van der Waals surface area contributed by atoms with Gasteiger partial charge in [0.2, 0.25) is 5.91 Å². The molecule has 31 heavy (non-hydrogen) atoms. The molecule has 8 heteroatoms. The van der Waals surface area contributed by atoms with Crippen LogP contribution in [0.2, 0.25) is 0 Å². The Balaban J connectivity index is 1.40. The fraction of sp³-hybridized carbons (Fsp3) is 0.391. The molecule has 1 aliphatic rings. The van der Waals surface area contributed by atoms with Gasteiger partial charge in [0.15, 0.2) is 11.6 Å². The number of benzene rings is 2. The number of aliphatic hydroxyl groups excluding tert-OH is 1. The van der Waals surface area contributed by atoms with Gasteiger partial charge in [0.05, 0.1) is 18.2 Å². The number of piperazine rings is 1. The molecule has 1 amide bonds. The van der Waals surface area contributed by atoms with Gasteiger partial charge in [0.25, 0.3) is 0 Å². The van der Waals surface area contributed by atoms with Crippen molar-refractivity contribution in [2.45, 2.75) is 19.1 Å². The van der Waals surface area contributed by atoms with Crippen molar-refractivity contribution in [2.75, 3.05) is 44.6 Å². The van der Waals surface area contributed by atoms with Gasteiger partial charge < -0.3 is 15.2 Å². The standard InChI is InChI=1S/C23H27FN4O3/c1-17-13-27(15-23(30)26-19-8-6-18(12-25)7-9-19)10-11-28(17)14-20(29)16-31-22-5-3-2-4-21(22)24/h2-9,17,20,29H,10-11,13-16H2,1H3,(H,26,30). The normalized spacial score (nSPS) is 18.2. The van der Waals surface area contributed by atoms with Crippen LogP contribution in [0, 0.1) is 17.1 Å². The lowest BCUT2D eigenvalue weighted by Crippen LogP contribution is -2.55. The first-order valence-electron chi connectivity index (χ1n) is 10.3. The second-order valence-corrected chi connectivity index (χ2v) is 7.71. The highest BCUT2D eigenvalue weighted by Crippen LogP contribution is 2.16. The van der Waals surface area contributed by atoms with Crippen LogP contribution in [0.1, 0.15) is 12.5 Å². The molecule has 2 aromatic rings. The van der Waals surface area contributed by atoms with E-state index >= 15 is 0 Å². The number of nitriles is 1. The van der Waals surface area contributed by atoms with Crippen LogP contribution in [0.15, 0.2) is 48.5 Å². The Morgan fingerprint density at radius 1 is 1.29 bits per heavy atom. The Hall–Kier alpha value is -2.99. The van der Waals surface area contributed by atoms with Crippen molar-refractivity contribution in [2.24, 2.45) is 0 Å². The molecule has 164 valence electrons. The number of aliphatic hydroxyl groups is 1. The SMILES string of the molecule is CC1CN(CC(=O)Nc2ccc(C#N)cc2)CCN1CC(O)COc1ccccc1F. The van der Waals surface area contributed by atoms with Gasteiger partial charge in [-0.3, -0.25) is 14.6 Å². The first-order chi connectivity index (χ1) is 14.9. The van der Waals surface area contributed by atoms with E-state index in [0.29, 0.717) is 37.4 Å². The molecular weight excluding hydrogens is 399 g/mol. The van der Waals surface area contributed by atoms with Gasteiger partial charge in [-0.2, -0.15) is 5.26 Å². The van der Waals surface area contributed by atoms with E-state index in [-0.39, 0.29) is 30.9 Å². The Bertz CT molecular complexity index is 916. The molecule has 2 atom stereocenters. The molecule has 0 aliphatic carbocycles. The lowest BCUT2D eigenvalue weighted by molar-refractivity contribution is -0.118. The summed E-state index contributed by atoms with van der Waals surface area (Å²) in [6.45, 7) is 4.86. The zero-order chi connectivity index (χ0) is 22.2. The van der Waals surface area contributed by atoms with Crippen molar-refractivity contribution >= 4 is 11.6 Å². The number of anilines is 1. The molecule has 2 aromatic carbocycles. The number of hydrogen-bond acceptors (Lipinski definition) is 6. The molecular formula is C23H27FN4O3. The first kappa shape index (κ1) is 22.7. The topological polar surface area (TPSA) is 88.8 Å². The molecule has 7 nitrogen and oxygen atoms in total. The van der Waals surface area contributed by atoms with Gasteiger partial charge in [-0.1, -0.05) is 12.1 Å². The second-order valence-electron chi connectivity index (χ2n) is 7.71. The number of amides is 1. The fourth-order valence-corrected chi connectivity index (χ4v) is 3.59. The summed E-state index contributed by atoms with van der Waals surface area (Å²) < 4.78 is 19.0. The number of rotatable bonds is 8. The van der Waals surface area contributed by atoms with Crippen LogP contribution < -0.4 is 10.1 Å². The summed E-state index contributed by atoms with van der Waals surface area (Å²) in [7, 11) is 0. The second kappa shape index (κ2) is 10.9. The van der Waals surface area contributed by atoms with Gasteiger partial charge in [-0.15, -0.1) is 0 Å². The van der Waals surface area contributed by atoms with Gasteiger partial charge in [0.1, 0.15) is 12.7 Å². The average molecular weight is 426 g/mol. The molecule has 0 saturated carbocycles. The first-order valence-corrected chi connectivity index (χ1v) is 10.3. The van der Waals surface area contributed by atoms with E-state index in [2.05, 4.69) is 22.0 Å². The smallest absolute Gasteiger partial charge is 0.238 e. The predicted octanol–water partition coefficient (Wildman–Crippen LogP) is 2.08. The number of nitrogens with one attached hydrogen (secondary N) is 1. The molecule has 1 fully saturated rings. The lowest BCUT2D eigenvalue weighted by atomic mass is 10.1. The highest BCUT2D eigenvalue weighted by atomic mass is 19.1. The van der Waals surface area contributed by atoms with Crippen LogP contribution in [0.5, 0.6) is 5.75 Å². The predicted molar refractivity (Wildman–Crippen MR) is 115 cm³/mol. The average Bonchev–Trinajstić information content (AvgIpc) is 2.75. The summed E-state index contributed by atoms with van der Waals surface area (Å²) in [5.74, 6) is -0.424. The fourth-order valence-electron chi connectivity index (χ4n) is 3.59. The minimum atomic E-state index is -0.742. The largest absolute Gasteiger partial charge is 0.488 e. The van der Waals surface area contributed by atoms with E-state index in [4.69, 9.17) is 10.00 Å². The minimum Gasteiger partial charge on any atom is -0.488 e. The number of nitrogens with zero attached hydrogens (tertiary/aromatic N) is 3. The van der Waals surface area contributed by atoms with E-state index in [0.717, 1.165) is 0 Å². The van der Waals surface area contributed by atoms with E-state index in [1.807, 2.05) is 6.07 Å². The van der Waals surface area contributed by atoms with Gasteiger partial charge >= 0.3 is 0 Å². The number of hydrogen-bond donors (Lipinski definition) is 2. The zero-order valence-electron chi connectivity index (χ0n) is 17.5. The Morgan fingerprint density at radius 3 is 2.71 bits per heavy atom. The van der Waals surface area contributed by atoms with Gasteiger partial charge in [0, 0.05) is 37.9 Å². The van der Waals surface area contributed by atoms with Crippen LogP contribution in [0.25, 0.3) is 0 Å². The van der Waals surface area contributed by atoms with E-state index in [1.54, 1.807) is 36.4 Å². The molecule has 1 heterocycles. The highest BCUT2D eigenvalue weighted by Gasteiger charge is 2.26. The number of halogens is 1. The van der Waals surface area contributed by atoms with E-state index < -0.39 is 11.9 Å². The Morgan fingerprint density at radius 2 is 2.03 bits per heavy atom. The Labute approximate surface area is 181 Å². The van der Waals surface area contributed by atoms with Crippen LogP contribution in [-0.4, -0.2) is 72.3 Å². The third-order valence-corrected chi connectivity index (χ3v) is 5.23. The summed E-state index contributed by atoms with van der Waals surface area (Å²) in [6, 6.07) is 15.1. The number of carbonyl (C=O) groups excluding carboxylic acids is 1. The third-order valence-electron chi connectivity index (χ3n) is 5.23. The quantitative estimate of drug-likeness (QED) is 0.672. The van der Waals surface area contributed by atoms with E-state index in [1.165, 1.54) is 12.1 Å². The molecule has 3 rings (SSSR count). The monoisotopic (exact) mass is 426 g/mol. The van der Waals surface area contributed by atoms with Gasteiger partial charge in [-0.25, -0.2) is 4.39 Å². The Kier molecular flexibility index (Phi) is 7.95. The van der Waals surface area contributed by atoms with Gasteiger partial charge in [-0.05, 0) is 43.3 Å². The summed E-state index contributed by atoms with van der Waals surface area (Å²) in [5.41, 5.74) is 1.21. The van der Waals surface area contributed by atoms with Crippen LogP contribution in [0.4, 0.5) is 10.1 Å². The molecule has 1 aliphatic heterocycles. The van der Waals surface area contributed by atoms with Crippen molar-refractivity contribution in [1.82, 2.24) is 9.80 Å². The zero-order valence-corrected chi connectivity index (χ0v) is 17.5. The van der Waals surface area contributed by atoms with Crippen LogP contribution in [-0.2, 0) is 4.79 Å². The van der Waals surface area contributed by atoms with Crippen molar-refractivity contribution < 1.29 is 19.0 Å². The summed E-state index contributed by atoms with van der Waals surface area (Å²) in [6.07, 6.45) is -0.742. The summed E-state index contributed by atoms with van der Waals surface area (Å²) in [4.78, 5) is 16.5. The van der Waals surface area contributed by atoms with Crippen LogP contribution in [0.3, 0.4) is 0 Å². The molecule has 2 N–H and O–H groups in total. The van der Waals surface area contributed by atoms with Crippen molar-refractivity contribution in [3.63, 3.8) is 0 Å². The summed E-state index contributed by atoms with van der Waals surface area (Å²) >= 11 is 0. The van der Waals surface area contributed by atoms with Crippen molar-refractivity contribution in [3.8, 4) is 11.8 Å². The molecule has 0 bridgehead atoms. The number of β-amino-alcohol motifs (C(OH)–C–C–N with tert-alkyl or cyclic N) is 1. The number of carbonyl (C=O) groups is 1. The molecule has 0 aromatic heterocycles. The number of ether oxygens (including phenoxy) is 1.